The molecule has 0 saturated carbocycles. The zero-order valence-electron chi connectivity index (χ0n) is 21.8. The minimum Gasteiger partial charge on any atom is -0.778 e. The second kappa shape index (κ2) is 27.4. The number of hydrogen-bond donors (Lipinski definition) is 0. The first kappa shape index (κ1) is 38.3. The molecule has 2 unspecified atom stereocenters. The van der Waals surface area contributed by atoms with Crippen LogP contribution in [0.15, 0.2) is 0 Å². The van der Waals surface area contributed by atoms with Gasteiger partial charge in [-0.05, 0) is 25.7 Å². The predicted molar refractivity (Wildman–Crippen MR) is 133 cm³/mol. The van der Waals surface area contributed by atoms with Crippen LogP contribution < -0.4 is 9.79 Å². The molecule has 2 atom stereocenters. The van der Waals surface area contributed by atoms with Crippen molar-refractivity contribution in [2.45, 2.75) is 130 Å². The van der Waals surface area contributed by atoms with Gasteiger partial charge in [-0.15, -0.1) is 0 Å². The van der Waals surface area contributed by atoms with Gasteiger partial charge in [0.25, 0.3) is 0 Å². The summed E-state index contributed by atoms with van der Waals surface area (Å²) in [4.78, 5) is 22.9. The van der Waals surface area contributed by atoms with Crippen LogP contribution in [-0.2, 0) is 34.7 Å². The average molecular weight is 557 g/mol. The summed E-state index contributed by atoms with van der Waals surface area (Å²) < 4.78 is 32.8. The average Bonchev–Trinajstić information content (AvgIpc) is 2.74. The zero-order chi connectivity index (χ0) is 24.6. The van der Waals surface area contributed by atoms with Gasteiger partial charge in [0.2, 0.25) is 0 Å². The van der Waals surface area contributed by atoms with E-state index in [0.29, 0.717) is 13.2 Å². The maximum absolute atomic E-state index is 11.4. The summed E-state index contributed by atoms with van der Waals surface area (Å²) in [6.07, 6.45) is 16.8. The van der Waals surface area contributed by atoms with E-state index in [0.717, 1.165) is 103 Å². The van der Waals surface area contributed by atoms with Crippen molar-refractivity contribution in [1.29, 1.82) is 0 Å². The summed E-state index contributed by atoms with van der Waals surface area (Å²) in [7, 11) is -7.06. The molecule has 0 aromatic heterocycles. The van der Waals surface area contributed by atoms with Crippen molar-refractivity contribution in [3.8, 4) is 0 Å². The van der Waals surface area contributed by atoms with E-state index < -0.39 is 15.2 Å². The minimum absolute atomic E-state index is 0. The van der Waals surface area contributed by atoms with Crippen molar-refractivity contribution >= 4 is 15.2 Å². The fraction of sp³-hybridized carbons (Fsp3) is 1.00. The fourth-order valence-electron chi connectivity index (χ4n) is 3.06. The molecule has 0 heterocycles. The van der Waals surface area contributed by atoms with Gasteiger partial charge in [0.1, 0.15) is 15.2 Å². The third-order valence-electron chi connectivity index (χ3n) is 5.14. The molecule has 0 aromatic carbocycles. The molecule has 0 bridgehead atoms. The van der Waals surface area contributed by atoms with Crippen molar-refractivity contribution in [3.63, 3.8) is 0 Å². The Morgan fingerprint density at radius 3 is 1.03 bits per heavy atom. The molecule has 0 saturated heterocycles. The molecule has 6 nitrogen and oxygen atoms in total. The topological polar surface area (TPSA) is 98.7 Å². The summed E-state index contributed by atoms with van der Waals surface area (Å²) in [5.74, 6) is 0. The van der Waals surface area contributed by atoms with Crippen LogP contribution in [0.3, 0.4) is 0 Å². The van der Waals surface area contributed by atoms with Gasteiger partial charge in [0, 0.05) is 12.3 Å². The normalized spacial score (nSPS) is 14.5. The summed E-state index contributed by atoms with van der Waals surface area (Å²) in [6, 6.07) is 0. The molecule has 0 N–H and O–H groups in total. The van der Waals surface area contributed by atoms with Crippen LogP contribution in [0.25, 0.3) is 0 Å². The van der Waals surface area contributed by atoms with Crippen molar-refractivity contribution in [1.82, 2.24) is 0 Å². The quantitative estimate of drug-likeness (QED) is 0.0780. The van der Waals surface area contributed by atoms with E-state index >= 15 is 0 Å². The second-order valence-corrected chi connectivity index (χ2v) is 12.4. The summed E-state index contributed by atoms with van der Waals surface area (Å²) in [5.41, 5.74) is 0. The third-order valence-corrected chi connectivity index (χ3v) is 8.02. The molecular formula is C24H52NiO6P2. The van der Waals surface area contributed by atoms with Crippen LogP contribution in [0.4, 0.5) is 0 Å². The number of unbranched alkanes of at least 4 members (excludes halogenated alkanes) is 12. The molecule has 9 heteroatoms. The standard InChI is InChI=1S/2C12H27O3P.Ni/c2*1-3-5-7-9-11-15-16(13,14)12-10-8-6-4-2;/h2*3-12H2,1-2H3,(H,13,14);/q;;+2/p-2. The van der Waals surface area contributed by atoms with E-state index in [2.05, 4.69) is 27.7 Å². The molecule has 0 aliphatic heterocycles. The molecule has 0 fully saturated rings. The van der Waals surface area contributed by atoms with Gasteiger partial charge in [-0.1, -0.05) is 105 Å². The Morgan fingerprint density at radius 2 is 0.758 bits per heavy atom. The molecule has 204 valence electrons. The van der Waals surface area contributed by atoms with Gasteiger partial charge in [-0.2, -0.15) is 0 Å². The first-order valence-corrected chi connectivity index (χ1v) is 16.6. The van der Waals surface area contributed by atoms with Crippen LogP contribution >= 0.6 is 15.2 Å². The van der Waals surface area contributed by atoms with Gasteiger partial charge < -0.3 is 28.0 Å². The first-order chi connectivity index (χ1) is 15.2. The fourth-order valence-corrected chi connectivity index (χ4v) is 5.35. The van der Waals surface area contributed by atoms with E-state index in [1.54, 1.807) is 0 Å². The van der Waals surface area contributed by atoms with Crippen LogP contribution in [0.2, 0.25) is 0 Å². The zero-order valence-corrected chi connectivity index (χ0v) is 24.6. The van der Waals surface area contributed by atoms with Gasteiger partial charge >= 0.3 is 16.5 Å². The summed E-state index contributed by atoms with van der Waals surface area (Å²) >= 11 is 0. The molecule has 0 amide bonds. The van der Waals surface area contributed by atoms with Gasteiger partial charge in [-0.3, -0.25) is 0 Å². The summed E-state index contributed by atoms with van der Waals surface area (Å²) in [5, 5.41) is 0. The van der Waals surface area contributed by atoms with Crippen molar-refractivity contribution in [2.75, 3.05) is 25.5 Å². The smallest absolute Gasteiger partial charge is 0.778 e. The second-order valence-electron chi connectivity index (χ2n) is 8.58. The molecule has 0 aliphatic rings. The monoisotopic (exact) mass is 556 g/mol. The van der Waals surface area contributed by atoms with E-state index in [1.165, 1.54) is 0 Å². The van der Waals surface area contributed by atoms with E-state index in [1.807, 2.05) is 0 Å². The molecular weight excluding hydrogens is 505 g/mol. The van der Waals surface area contributed by atoms with Crippen LogP contribution in [0, 0.1) is 0 Å². The Morgan fingerprint density at radius 1 is 0.485 bits per heavy atom. The molecule has 0 aliphatic carbocycles. The molecule has 0 radical (unpaired) electrons. The number of hydrogen-bond acceptors (Lipinski definition) is 6. The Bertz CT molecular complexity index is 438. The third kappa shape index (κ3) is 32.8. The van der Waals surface area contributed by atoms with Crippen LogP contribution in [-0.4, -0.2) is 25.5 Å². The molecule has 0 spiro atoms. The number of rotatable bonds is 22. The maximum Gasteiger partial charge on any atom is 2.00 e. The Kier molecular flexibility index (Phi) is 31.8. The SMILES string of the molecule is CCCCCCOP(=O)([O-])CCCCCC.CCCCCCOP(=O)([O-])CCCCCC.[Ni+2]. The van der Waals surface area contributed by atoms with Crippen molar-refractivity contribution in [3.05, 3.63) is 0 Å². The van der Waals surface area contributed by atoms with Gasteiger partial charge in [0.15, 0.2) is 0 Å². The maximum atomic E-state index is 11.4. The van der Waals surface area contributed by atoms with Gasteiger partial charge in [-0.25, -0.2) is 0 Å². The largest absolute Gasteiger partial charge is 2.00 e. The predicted octanol–water partition coefficient (Wildman–Crippen LogP) is 7.43. The van der Waals surface area contributed by atoms with Crippen molar-refractivity contribution < 1.29 is 44.5 Å². The Hall–Kier alpha value is 0.794. The van der Waals surface area contributed by atoms with Gasteiger partial charge in [0.05, 0.1) is 13.2 Å². The Balaban J connectivity index is -0.000000529. The van der Waals surface area contributed by atoms with E-state index in [-0.39, 0.29) is 28.8 Å². The molecule has 0 aromatic rings. The molecule has 33 heavy (non-hydrogen) atoms. The summed E-state index contributed by atoms with van der Waals surface area (Å²) in [6.45, 7) is 9.23. The van der Waals surface area contributed by atoms with Crippen LogP contribution in [0.1, 0.15) is 130 Å². The minimum atomic E-state index is -3.53. The van der Waals surface area contributed by atoms with Crippen molar-refractivity contribution in [2.24, 2.45) is 0 Å². The van der Waals surface area contributed by atoms with Crippen LogP contribution in [0.5, 0.6) is 0 Å². The van der Waals surface area contributed by atoms with E-state index in [4.69, 9.17) is 9.05 Å². The Labute approximate surface area is 215 Å². The molecule has 0 rings (SSSR count). The van der Waals surface area contributed by atoms with E-state index in [9.17, 15) is 18.9 Å². The first-order valence-electron chi connectivity index (χ1n) is 13.1.